The lowest BCUT2D eigenvalue weighted by Gasteiger charge is -2.29. The molecule has 0 N–H and O–H groups in total. The highest BCUT2D eigenvalue weighted by molar-refractivity contribution is 5.96. The summed E-state index contributed by atoms with van der Waals surface area (Å²) in [4.78, 5) is 12.7. The zero-order chi connectivity index (χ0) is 37.6. The first-order valence-corrected chi connectivity index (χ1v) is 19.2. The number of benzene rings is 8. The highest BCUT2D eigenvalue weighted by atomic mass is 15.1. The third-order valence-electron chi connectivity index (χ3n) is 11.3. The van der Waals surface area contributed by atoms with Gasteiger partial charge in [0.1, 0.15) is 0 Å². The summed E-state index contributed by atoms with van der Waals surface area (Å²) in [6, 6.07) is 71.3. The van der Waals surface area contributed by atoms with Gasteiger partial charge in [0.25, 0.3) is 0 Å². The van der Waals surface area contributed by atoms with E-state index in [0.29, 0.717) is 5.82 Å². The molecule has 0 saturated carbocycles. The van der Waals surface area contributed by atoms with Crippen molar-refractivity contribution in [2.24, 2.45) is 0 Å². The number of nitrogens with zero attached hydrogens (tertiary/aromatic N) is 3. The molecule has 10 rings (SSSR count). The molecular formula is C53H39N3. The van der Waals surface area contributed by atoms with Crippen molar-refractivity contribution in [3.8, 4) is 56.0 Å². The van der Waals surface area contributed by atoms with Crippen molar-refractivity contribution in [2.75, 3.05) is 4.90 Å². The van der Waals surface area contributed by atoms with Gasteiger partial charge in [-0.3, -0.25) is 0 Å². The van der Waals surface area contributed by atoms with E-state index >= 15 is 0 Å². The summed E-state index contributed by atoms with van der Waals surface area (Å²) in [5.41, 5.74) is 17.1. The summed E-state index contributed by atoms with van der Waals surface area (Å²) in [5.74, 6) is 0.701. The number of anilines is 3. The molecule has 0 atom stereocenters. The Kier molecular flexibility index (Phi) is 8.15. The summed E-state index contributed by atoms with van der Waals surface area (Å²) in [7, 11) is 0. The molecule has 0 bridgehead atoms. The fourth-order valence-corrected chi connectivity index (χ4v) is 8.42. The maximum absolute atomic E-state index is 5.24. The minimum atomic E-state index is -0.109. The first-order chi connectivity index (χ1) is 27.5. The number of hydrogen-bond acceptors (Lipinski definition) is 3. The first-order valence-electron chi connectivity index (χ1n) is 19.2. The molecule has 0 aliphatic heterocycles. The molecule has 0 unspecified atom stereocenters. The Labute approximate surface area is 328 Å². The van der Waals surface area contributed by atoms with E-state index in [2.05, 4.69) is 207 Å². The standard InChI is InChI=1S/C53H39N3/c1-53(2)46-20-11-9-18-44(46)50-47(53)21-13-23-49(50)56(42-32-28-39(29-33-42)37-16-7-4-8-17-37)43-34-30-41(31-35-43)52-54-48-22-12-10-19-45(48)51(55-52)40-26-24-38(25-27-40)36-14-5-3-6-15-36/h3-35H,1-2H3. The Morgan fingerprint density at radius 3 is 1.55 bits per heavy atom. The highest BCUT2D eigenvalue weighted by Crippen LogP contribution is 2.54. The largest absolute Gasteiger partial charge is 0.310 e. The monoisotopic (exact) mass is 717 g/mol. The van der Waals surface area contributed by atoms with Crippen molar-refractivity contribution in [1.29, 1.82) is 0 Å². The van der Waals surface area contributed by atoms with E-state index in [-0.39, 0.29) is 5.41 Å². The molecule has 1 aliphatic rings. The smallest absolute Gasteiger partial charge is 0.160 e. The average Bonchev–Trinajstić information content (AvgIpc) is 3.51. The lowest BCUT2D eigenvalue weighted by Crippen LogP contribution is -2.16. The van der Waals surface area contributed by atoms with Gasteiger partial charge < -0.3 is 4.90 Å². The number of rotatable bonds is 7. The lowest BCUT2D eigenvalue weighted by molar-refractivity contribution is 0.660. The number of aromatic nitrogens is 2. The molecule has 9 aromatic rings. The first kappa shape index (κ1) is 33.5. The Morgan fingerprint density at radius 1 is 0.393 bits per heavy atom. The van der Waals surface area contributed by atoms with Gasteiger partial charge >= 0.3 is 0 Å². The molecule has 0 amide bonds. The SMILES string of the molecule is CC1(C)c2ccccc2-c2c(N(c3ccc(-c4ccccc4)cc3)c3ccc(-c4nc(-c5ccc(-c6ccccc6)cc5)c5ccccc5n4)cc3)cccc21. The second-order valence-corrected chi connectivity index (χ2v) is 15.0. The fourth-order valence-electron chi connectivity index (χ4n) is 8.42. The predicted octanol–water partition coefficient (Wildman–Crippen LogP) is 14.1. The fraction of sp³-hybridized carbons (Fsp3) is 0.0566. The molecular weight excluding hydrogens is 679 g/mol. The van der Waals surface area contributed by atoms with E-state index in [9.17, 15) is 0 Å². The average molecular weight is 718 g/mol. The quantitative estimate of drug-likeness (QED) is 0.164. The lowest BCUT2D eigenvalue weighted by atomic mass is 9.82. The van der Waals surface area contributed by atoms with Gasteiger partial charge in [0, 0.05) is 38.9 Å². The zero-order valence-corrected chi connectivity index (χ0v) is 31.4. The summed E-state index contributed by atoms with van der Waals surface area (Å²) >= 11 is 0. The number of para-hydroxylation sites is 1. The predicted molar refractivity (Wildman–Crippen MR) is 234 cm³/mol. The molecule has 1 heterocycles. The van der Waals surface area contributed by atoms with E-state index in [1.807, 2.05) is 12.1 Å². The third kappa shape index (κ3) is 5.77. The summed E-state index contributed by atoms with van der Waals surface area (Å²) in [5, 5.41) is 1.03. The van der Waals surface area contributed by atoms with Gasteiger partial charge in [0.15, 0.2) is 5.82 Å². The van der Waals surface area contributed by atoms with Crippen molar-refractivity contribution in [3.63, 3.8) is 0 Å². The van der Waals surface area contributed by atoms with Crippen LogP contribution >= 0.6 is 0 Å². The Morgan fingerprint density at radius 2 is 0.893 bits per heavy atom. The van der Waals surface area contributed by atoms with Gasteiger partial charge in [-0.2, -0.15) is 0 Å². The van der Waals surface area contributed by atoms with Crippen LogP contribution in [-0.2, 0) is 5.41 Å². The molecule has 0 saturated heterocycles. The second kappa shape index (κ2) is 13.6. The minimum absolute atomic E-state index is 0.109. The van der Waals surface area contributed by atoms with Gasteiger partial charge in [0.05, 0.1) is 16.9 Å². The molecule has 0 radical (unpaired) electrons. The molecule has 56 heavy (non-hydrogen) atoms. The van der Waals surface area contributed by atoms with E-state index in [4.69, 9.17) is 9.97 Å². The van der Waals surface area contributed by atoms with Crippen molar-refractivity contribution in [1.82, 2.24) is 9.97 Å². The van der Waals surface area contributed by atoms with Crippen molar-refractivity contribution >= 4 is 28.0 Å². The van der Waals surface area contributed by atoms with Crippen LogP contribution in [0.4, 0.5) is 17.1 Å². The minimum Gasteiger partial charge on any atom is -0.310 e. The Balaban J connectivity index is 1.08. The molecule has 1 aliphatic carbocycles. The van der Waals surface area contributed by atoms with Crippen LogP contribution in [0.3, 0.4) is 0 Å². The Hall–Kier alpha value is -7.10. The third-order valence-corrected chi connectivity index (χ3v) is 11.3. The van der Waals surface area contributed by atoms with Gasteiger partial charge in [-0.05, 0) is 87.5 Å². The van der Waals surface area contributed by atoms with Gasteiger partial charge in [0.2, 0.25) is 0 Å². The van der Waals surface area contributed by atoms with Crippen LogP contribution in [-0.4, -0.2) is 9.97 Å². The number of hydrogen-bond donors (Lipinski definition) is 0. The second-order valence-electron chi connectivity index (χ2n) is 15.0. The molecule has 0 fully saturated rings. The molecule has 3 heteroatoms. The summed E-state index contributed by atoms with van der Waals surface area (Å²) in [6.07, 6.45) is 0. The van der Waals surface area contributed by atoms with Crippen LogP contribution < -0.4 is 4.90 Å². The van der Waals surface area contributed by atoms with E-state index in [1.54, 1.807) is 0 Å². The van der Waals surface area contributed by atoms with Gasteiger partial charge in [-0.1, -0.05) is 166 Å². The van der Waals surface area contributed by atoms with Crippen LogP contribution in [0.15, 0.2) is 200 Å². The highest BCUT2D eigenvalue weighted by Gasteiger charge is 2.37. The zero-order valence-electron chi connectivity index (χ0n) is 31.4. The maximum Gasteiger partial charge on any atom is 0.160 e. The number of fused-ring (bicyclic) bond motifs is 4. The Bertz CT molecular complexity index is 2840. The molecule has 8 aromatic carbocycles. The summed E-state index contributed by atoms with van der Waals surface area (Å²) in [6.45, 7) is 4.68. The van der Waals surface area contributed by atoms with Crippen LogP contribution in [0.5, 0.6) is 0 Å². The van der Waals surface area contributed by atoms with Crippen molar-refractivity contribution in [3.05, 3.63) is 211 Å². The molecule has 0 spiro atoms. The normalized spacial score (nSPS) is 12.6. The van der Waals surface area contributed by atoms with Crippen LogP contribution in [0.2, 0.25) is 0 Å². The molecule has 3 nitrogen and oxygen atoms in total. The van der Waals surface area contributed by atoms with E-state index < -0.39 is 0 Å². The van der Waals surface area contributed by atoms with Crippen molar-refractivity contribution in [2.45, 2.75) is 19.3 Å². The van der Waals surface area contributed by atoms with E-state index in [0.717, 1.165) is 44.8 Å². The van der Waals surface area contributed by atoms with Crippen molar-refractivity contribution < 1.29 is 0 Å². The summed E-state index contributed by atoms with van der Waals surface area (Å²) < 4.78 is 0. The van der Waals surface area contributed by atoms with Crippen LogP contribution in [0, 0.1) is 0 Å². The van der Waals surface area contributed by atoms with Crippen LogP contribution in [0.1, 0.15) is 25.0 Å². The van der Waals surface area contributed by atoms with Crippen LogP contribution in [0.25, 0.3) is 66.9 Å². The maximum atomic E-state index is 5.24. The van der Waals surface area contributed by atoms with E-state index in [1.165, 1.54) is 44.5 Å². The molecule has 1 aromatic heterocycles. The van der Waals surface area contributed by atoms with Gasteiger partial charge in [-0.25, -0.2) is 9.97 Å². The topological polar surface area (TPSA) is 29.0 Å². The van der Waals surface area contributed by atoms with Gasteiger partial charge in [-0.15, -0.1) is 0 Å². The molecule has 266 valence electrons.